The standard InChI is InChI=1S/C13H17Cl2NO/c14-12-4-11(5-13(15)6-12)8-16-3-1-2-10(7-16)9-17/h4-6,10,17H,1-3,7-9H2/t10-/m1/s1. The second-order valence-corrected chi connectivity index (χ2v) is 5.58. The van der Waals surface area contributed by atoms with Gasteiger partial charge in [-0.1, -0.05) is 23.2 Å². The Labute approximate surface area is 112 Å². The number of likely N-dealkylation sites (tertiary alicyclic amines) is 1. The molecule has 0 saturated carbocycles. The molecule has 1 fully saturated rings. The van der Waals surface area contributed by atoms with Crippen LogP contribution in [0.25, 0.3) is 0 Å². The van der Waals surface area contributed by atoms with Gasteiger partial charge in [-0.05, 0) is 49.1 Å². The van der Waals surface area contributed by atoms with E-state index in [1.54, 1.807) is 6.07 Å². The number of nitrogens with zero attached hydrogens (tertiary/aromatic N) is 1. The average molecular weight is 274 g/mol. The Hall–Kier alpha value is -0.280. The molecular formula is C13H17Cl2NO. The van der Waals surface area contributed by atoms with Gasteiger partial charge < -0.3 is 5.11 Å². The fraction of sp³-hybridized carbons (Fsp3) is 0.538. The number of piperidine rings is 1. The van der Waals surface area contributed by atoms with Crippen molar-refractivity contribution in [2.75, 3.05) is 19.7 Å². The Bertz CT molecular complexity index is 363. The van der Waals surface area contributed by atoms with Gasteiger partial charge in [0.25, 0.3) is 0 Å². The highest BCUT2D eigenvalue weighted by molar-refractivity contribution is 6.34. The van der Waals surface area contributed by atoms with Gasteiger partial charge in [0.05, 0.1) is 0 Å². The van der Waals surface area contributed by atoms with Crippen molar-refractivity contribution >= 4 is 23.2 Å². The van der Waals surface area contributed by atoms with Crippen LogP contribution in [0, 0.1) is 5.92 Å². The fourth-order valence-corrected chi connectivity index (χ4v) is 2.98. The first-order valence-electron chi connectivity index (χ1n) is 5.95. The van der Waals surface area contributed by atoms with Gasteiger partial charge in [0, 0.05) is 29.7 Å². The van der Waals surface area contributed by atoms with Crippen LogP contribution in [-0.2, 0) is 6.54 Å². The highest BCUT2D eigenvalue weighted by atomic mass is 35.5. The van der Waals surface area contributed by atoms with Crippen LogP contribution in [0.2, 0.25) is 10.0 Å². The fourth-order valence-electron chi connectivity index (χ4n) is 2.40. The van der Waals surface area contributed by atoms with E-state index in [2.05, 4.69) is 4.90 Å². The molecule has 1 aromatic rings. The van der Waals surface area contributed by atoms with Crippen molar-refractivity contribution in [3.63, 3.8) is 0 Å². The zero-order chi connectivity index (χ0) is 12.3. The van der Waals surface area contributed by atoms with Crippen LogP contribution in [0.5, 0.6) is 0 Å². The number of aliphatic hydroxyl groups excluding tert-OH is 1. The van der Waals surface area contributed by atoms with Crippen LogP contribution >= 0.6 is 23.2 Å². The van der Waals surface area contributed by atoms with Crippen molar-refractivity contribution in [1.29, 1.82) is 0 Å². The van der Waals surface area contributed by atoms with E-state index in [4.69, 9.17) is 23.2 Å². The van der Waals surface area contributed by atoms with E-state index in [0.29, 0.717) is 16.0 Å². The monoisotopic (exact) mass is 273 g/mol. The summed E-state index contributed by atoms with van der Waals surface area (Å²) in [7, 11) is 0. The first kappa shape index (κ1) is 13.2. The minimum Gasteiger partial charge on any atom is -0.396 e. The van der Waals surface area contributed by atoms with E-state index in [1.807, 2.05) is 12.1 Å². The van der Waals surface area contributed by atoms with Crippen LogP contribution in [0.1, 0.15) is 18.4 Å². The maximum absolute atomic E-state index is 9.19. The largest absolute Gasteiger partial charge is 0.396 e. The average Bonchev–Trinajstić information content (AvgIpc) is 2.28. The zero-order valence-electron chi connectivity index (χ0n) is 9.70. The van der Waals surface area contributed by atoms with Crippen molar-refractivity contribution in [3.8, 4) is 0 Å². The summed E-state index contributed by atoms with van der Waals surface area (Å²) in [5.74, 6) is 0.415. The van der Waals surface area contributed by atoms with E-state index < -0.39 is 0 Å². The summed E-state index contributed by atoms with van der Waals surface area (Å²) in [6.07, 6.45) is 2.28. The number of hydrogen-bond donors (Lipinski definition) is 1. The van der Waals surface area contributed by atoms with E-state index in [1.165, 1.54) is 0 Å². The summed E-state index contributed by atoms with van der Waals surface area (Å²) in [5, 5.41) is 10.6. The second kappa shape index (κ2) is 6.05. The molecule has 17 heavy (non-hydrogen) atoms. The van der Waals surface area contributed by atoms with Crippen LogP contribution in [0.15, 0.2) is 18.2 Å². The van der Waals surface area contributed by atoms with Crippen molar-refractivity contribution in [2.24, 2.45) is 5.92 Å². The first-order valence-corrected chi connectivity index (χ1v) is 6.71. The molecule has 0 aromatic heterocycles. The van der Waals surface area contributed by atoms with Crippen LogP contribution < -0.4 is 0 Å². The third-order valence-corrected chi connectivity index (χ3v) is 3.63. The molecule has 94 valence electrons. The van der Waals surface area contributed by atoms with Gasteiger partial charge in [0.15, 0.2) is 0 Å². The van der Waals surface area contributed by atoms with Crippen molar-refractivity contribution in [3.05, 3.63) is 33.8 Å². The normalized spacial score (nSPS) is 21.7. The quantitative estimate of drug-likeness (QED) is 0.915. The predicted octanol–water partition coefficient (Wildman–Crippen LogP) is 3.20. The topological polar surface area (TPSA) is 23.5 Å². The minimum atomic E-state index is 0.285. The van der Waals surface area contributed by atoms with E-state index >= 15 is 0 Å². The van der Waals surface area contributed by atoms with Gasteiger partial charge in [0.1, 0.15) is 0 Å². The van der Waals surface area contributed by atoms with Gasteiger partial charge in [-0.15, -0.1) is 0 Å². The lowest BCUT2D eigenvalue weighted by Crippen LogP contribution is -2.36. The first-order chi connectivity index (χ1) is 8.17. The molecule has 2 rings (SSSR count). The summed E-state index contributed by atoms with van der Waals surface area (Å²) in [6, 6.07) is 5.66. The smallest absolute Gasteiger partial charge is 0.0471 e. The van der Waals surface area contributed by atoms with E-state index in [9.17, 15) is 5.11 Å². The van der Waals surface area contributed by atoms with Gasteiger partial charge in [-0.2, -0.15) is 0 Å². The van der Waals surface area contributed by atoms with E-state index in [-0.39, 0.29) is 6.61 Å². The Morgan fingerprint density at radius 1 is 1.24 bits per heavy atom. The lowest BCUT2D eigenvalue weighted by Gasteiger charge is -2.31. The molecule has 1 aliphatic rings. The summed E-state index contributed by atoms with van der Waals surface area (Å²) in [4.78, 5) is 2.35. The van der Waals surface area contributed by atoms with E-state index in [0.717, 1.165) is 38.0 Å². The van der Waals surface area contributed by atoms with Crippen LogP contribution in [0.3, 0.4) is 0 Å². The number of rotatable bonds is 3. The summed E-state index contributed by atoms with van der Waals surface area (Å²) >= 11 is 12.0. The summed E-state index contributed by atoms with van der Waals surface area (Å²) in [6.45, 7) is 3.19. The third kappa shape index (κ3) is 3.85. The lowest BCUT2D eigenvalue weighted by atomic mass is 9.98. The predicted molar refractivity (Wildman–Crippen MR) is 71.5 cm³/mol. The molecule has 1 heterocycles. The molecule has 1 aliphatic heterocycles. The highest BCUT2D eigenvalue weighted by Gasteiger charge is 2.19. The number of hydrogen-bond acceptors (Lipinski definition) is 2. The summed E-state index contributed by atoms with van der Waals surface area (Å²) < 4.78 is 0. The number of aliphatic hydroxyl groups is 1. The molecule has 4 heteroatoms. The summed E-state index contributed by atoms with van der Waals surface area (Å²) in [5.41, 5.74) is 1.14. The molecule has 0 radical (unpaired) electrons. The minimum absolute atomic E-state index is 0.285. The van der Waals surface area contributed by atoms with Gasteiger partial charge in [-0.25, -0.2) is 0 Å². The maximum atomic E-state index is 9.19. The molecule has 1 atom stereocenters. The SMILES string of the molecule is OC[C@@H]1CCCN(Cc2cc(Cl)cc(Cl)c2)C1. The molecule has 0 bridgehead atoms. The Kier molecular flexibility index (Phi) is 4.69. The maximum Gasteiger partial charge on any atom is 0.0471 e. The molecule has 2 nitrogen and oxygen atoms in total. The van der Waals surface area contributed by atoms with Crippen LogP contribution in [-0.4, -0.2) is 29.7 Å². The highest BCUT2D eigenvalue weighted by Crippen LogP contribution is 2.22. The van der Waals surface area contributed by atoms with Crippen molar-refractivity contribution in [1.82, 2.24) is 4.90 Å². The van der Waals surface area contributed by atoms with Gasteiger partial charge in [0.2, 0.25) is 0 Å². The molecule has 0 aliphatic carbocycles. The number of benzene rings is 1. The molecule has 1 saturated heterocycles. The van der Waals surface area contributed by atoms with Crippen molar-refractivity contribution < 1.29 is 5.11 Å². The molecule has 0 amide bonds. The molecule has 1 N–H and O–H groups in total. The molecule has 0 spiro atoms. The van der Waals surface area contributed by atoms with Crippen molar-refractivity contribution in [2.45, 2.75) is 19.4 Å². The van der Waals surface area contributed by atoms with Gasteiger partial charge >= 0.3 is 0 Å². The van der Waals surface area contributed by atoms with Crippen LogP contribution in [0.4, 0.5) is 0 Å². The zero-order valence-corrected chi connectivity index (χ0v) is 11.2. The second-order valence-electron chi connectivity index (χ2n) is 4.70. The Morgan fingerprint density at radius 3 is 2.59 bits per heavy atom. The van der Waals surface area contributed by atoms with Gasteiger partial charge in [-0.3, -0.25) is 4.90 Å². The Morgan fingerprint density at radius 2 is 1.94 bits per heavy atom. The molecule has 0 unspecified atom stereocenters. The molecular weight excluding hydrogens is 257 g/mol. The lowest BCUT2D eigenvalue weighted by molar-refractivity contribution is 0.116. The molecule has 1 aromatic carbocycles. The third-order valence-electron chi connectivity index (χ3n) is 3.19. The number of halogens is 2. The Balaban J connectivity index is 2.00.